The monoisotopic (exact) mass is 235 g/mol. The fourth-order valence-electron chi connectivity index (χ4n) is 1.62. The zero-order chi connectivity index (χ0) is 12.7. The van der Waals surface area contributed by atoms with E-state index in [1.165, 1.54) is 11.3 Å². The van der Waals surface area contributed by atoms with Crippen LogP contribution in [0.25, 0.3) is 0 Å². The third-order valence-electron chi connectivity index (χ3n) is 2.65. The van der Waals surface area contributed by atoms with Gasteiger partial charge in [-0.1, -0.05) is 17.7 Å². The van der Waals surface area contributed by atoms with Crippen LogP contribution in [0.2, 0.25) is 0 Å². The number of esters is 1. The third kappa shape index (κ3) is 4.89. The standard InChI is InChI=1S/C14H21NO2/c1-4-17-14(16)6-5-11-15(3)13-9-7-12(2)8-10-13/h7-10H,4-6,11H2,1-3H3. The number of benzene rings is 1. The number of hydrogen-bond acceptors (Lipinski definition) is 3. The minimum absolute atomic E-state index is 0.107. The molecule has 0 amide bonds. The van der Waals surface area contributed by atoms with Crippen molar-refractivity contribution in [2.45, 2.75) is 26.7 Å². The number of rotatable bonds is 6. The summed E-state index contributed by atoms with van der Waals surface area (Å²) in [5, 5.41) is 0. The van der Waals surface area contributed by atoms with Crippen LogP contribution in [0.5, 0.6) is 0 Å². The molecular weight excluding hydrogens is 214 g/mol. The molecule has 94 valence electrons. The number of hydrogen-bond donors (Lipinski definition) is 0. The van der Waals surface area contributed by atoms with Crippen LogP contribution in [-0.4, -0.2) is 26.2 Å². The third-order valence-corrected chi connectivity index (χ3v) is 2.65. The number of aryl methyl sites for hydroxylation is 1. The van der Waals surface area contributed by atoms with Crippen molar-refractivity contribution in [3.05, 3.63) is 29.8 Å². The first-order valence-corrected chi connectivity index (χ1v) is 6.07. The maximum Gasteiger partial charge on any atom is 0.305 e. The van der Waals surface area contributed by atoms with Crippen LogP contribution in [0.15, 0.2) is 24.3 Å². The molecule has 0 heterocycles. The Hall–Kier alpha value is -1.51. The van der Waals surface area contributed by atoms with Crippen molar-refractivity contribution in [3.63, 3.8) is 0 Å². The molecule has 0 bridgehead atoms. The molecule has 1 aromatic carbocycles. The smallest absolute Gasteiger partial charge is 0.305 e. The molecule has 0 radical (unpaired) electrons. The minimum atomic E-state index is -0.107. The fourth-order valence-corrected chi connectivity index (χ4v) is 1.62. The number of ether oxygens (including phenoxy) is 1. The zero-order valence-electron chi connectivity index (χ0n) is 10.9. The van der Waals surface area contributed by atoms with Crippen molar-refractivity contribution in [1.82, 2.24) is 0 Å². The summed E-state index contributed by atoms with van der Waals surface area (Å²) >= 11 is 0. The second-order valence-corrected chi connectivity index (χ2v) is 4.17. The Morgan fingerprint density at radius 1 is 1.29 bits per heavy atom. The largest absolute Gasteiger partial charge is 0.466 e. The van der Waals surface area contributed by atoms with Crippen LogP contribution in [-0.2, 0) is 9.53 Å². The van der Waals surface area contributed by atoms with Crippen LogP contribution >= 0.6 is 0 Å². The zero-order valence-corrected chi connectivity index (χ0v) is 10.9. The van der Waals surface area contributed by atoms with Gasteiger partial charge in [-0.15, -0.1) is 0 Å². The van der Waals surface area contributed by atoms with Crippen LogP contribution < -0.4 is 4.90 Å². The normalized spacial score (nSPS) is 10.1. The molecule has 0 aromatic heterocycles. The van der Waals surface area contributed by atoms with Crippen molar-refractivity contribution in [2.75, 3.05) is 25.1 Å². The molecule has 0 spiro atoms. The lowest BCUT2D eigenvalue weighted by Crippen LogP contribution is -2.19. The van der Waals surface area contributed by atoms with E-state index in [0.717, 1.165) is 13.0 Å². The van der Waals surface area contributed by atoms with Gasteiger partial charge in [-0.25, -0.2) is 0 Å². The number of anilines is 1. The highest BCUT2D eigenvalue weighted by atomic mass is 16.5. The summed E-state index contributed by atoms with van der Waals surface area (Å²) in [4.78, 5) is 13.3. The van der Waals surface area contributed by atoms with Gasteiger partial charge in [0.25, 0.3) is 0 Å². The molecule has 17 heavy (non-hydrogen) atoms. The van der Waals surface area contributed by atoms with Crippen LogP contribution in [0, 0.1) is 6.92 Å². The number of nitrogens with zero attached hydrogens (tertiary/aromatic N) is 1. The molecule has 3 nitrogen and oxygen atoms in total. The maximum atomic E-state index is 11.2. The Morgan fingerprint density at radius 2 is 1.94 bits per heavy atom. The number of carbonyl (C=O) groups is 1. The van der Waals surface area contributed by atoms with Gasteiger partial charge in [0.2, 0.25) is 0 Å². The summed E-state index contributed by atoms with van der Waals surface area (Å²) in [5.41, 5.74) is 2.44. The molecule has 3 heteroatoms. The first-order chi connectivity index (χ1) is 8.13. The van der Waals surface area contributed by atoms with Gasteiger partial charge in [-0.05, 0) is 32.4 Å². The summed E-state index contributed by atoms with van der Waals surface area (Å²) in [6.45, 7) is 5.23. The summed E-state index contributed by atoms with van der Waals surface area (Å²) in [6, 6.07) is 8.38. The molecule has 0 aliphatic rings. The van der Waals surface area contributed by atoms with Crippen molar-refractivity contribution < 1.29 is 9.53 Å². The van der Waals surface area contributed by atoms with Gasteiger partial charge < -0.3 is 9.64 Å². The Labute approximate surface area is 103 Å². The Kier molecular flexibility index (Phi) is 5.53. The Bertz CT molecular complexity index is 346. The van der Waals surface area contributed by atoms with Crippen LogP contribution in [0.3, 0.4) is 0 Å². The molecule has 0 fully saturated rings. The lowest BCUT2D eigenvalue weighted by Gasteiger charge is -2.19. The van der Waals surface area contributed by atoms with E-state index in [-0.39, 0.29) is 5.97 Å². The molecular formula is C14H21NO2. The highest BCUT2D eigenvalue weighted by Gasteiger charge is 2.04. The lowest BCUT2D eigenvalue weighted by atomic mass is 10.2. The summed E-state index contributed by atoms with van der Waals surface area (Å²) in [5.74, 6) is -0.107. The molecule has 1 aromatic rings. The van der Waals surface area contributed by atoms with E-state index < -0.39 is 0 Å². The molecule has 0 aliphatic heterocycles. The van der Waals surface area contributed by atoms with Gasteiger partial charge in [0, 0.05) is 25.7 Å². The second kappa shape index (κ2) is 6.94. The van der Waals surface area contributed by atoms with E-state index in [4.69, 9.17) is 4.74 Å². The topological polar surface area (TPSA) is 29.5 Å². The van der Waals surface area contributed by atoms with Gasteiger partial charge in [0.1, 0.15) is 0 Å². The van der Waals surface area contributed by atoms with E-state index in [1.807, 2.05) is 14.0 Å². The lowest BCUT2D eigenvalue weighted by molar-refractivity contribution is -0.143. The van der Waals surface area contributed by atoms with E-state index in [1.54, 1.807) is 0 Å². The average Bonchev–Trinajstić information content (AvgIpc) is 2.30. The quantitative estimate of drug-likeness (QED) is 0.710. The van der Waals surface area contributed by atoms with E-state index in [2.05, 4.69) is 36.1 Å². The summed E-state index contributed by atoms with van der Waals surface area (Å²) in [7, 11) is 2.04. The average molecular weight is 235 g/mol. The summed E-state index contributed by atoms with van der Waals surface area (Å²) < 4.78 is 4.89. The maximum absolute atomic E-state index is 11.2. The molecule has 0 N–H and O–H groups in total. The first kappa shape index (κ1) is 13.6. The second-order valence-electron chi connectivity index (χ2n) is 4.17. The fraction of sp³-hybridized carbons (Fsp3) is 0.500. The first-order valence-electron chi connectivity index (χ1n) is 6.07. The molecule has 1 rings (SSSR count). The molecule has 0 saturated carbocycles. The van der Waals surface area contributed by atoms with Gasteiger partial charge >= 0.3 is 5.97 Å². The SMILES string of the molecule is CCOC(=O)CCCN(C)c1ccc(C)cc1. The molecule has 0 aliphatic carbocycles. The highest BCUT2D eigenvalue weighted by molar-refractivity contribution is 5.69. The van der Waals surface area contributed by atoms with Crippen molar-refractivity contribution >= 4 is 11.7 Å². The molecule has 0 atom stereocenters. The predicted molar refractivity (Wildman–Crippen MR) is 70.3 cm³/mol. The van der Waals surface area contributed by atoms with Gasteiger partial charge in [0.15, 0.2) is 0 Å². The Balaban J connectivity index is 2.32. The van der Waals surface area contributed by atoms with Gasteiger partial charge in [0.05, 0.1) is 6.61 Å². The highest BCUT2D eigenvalue weighted by Crippen LogP contribution is 2.13. The number of carbonyl (C=O) groups excluding carboxylic acids is 1. The van der Waals surface area contributed by atoms with Gasteiger partial charge in [-0.2, -0.15) is 0 Å². The van der Waals surface area contributed by atoms with Crippen LogP contribution in [0.4, 0.5) is 5.69 Å². The van der Waals surface area contributed by atoms with Crippen LogP contribution in [0.1, 0.15) is 25.3 Å². The van der Waals surface area contributed by atoms with Crippen molar-refractivity contribution in [1.29, 1.82) is 0 Å². The predicted octanol–water partition coefficient (Wildman–Crippen LogP) is 2.77. The minimum Gasteiger partial charge on any atom is -0.466 e. The van der Waals surface area contributed by atoms with E-state index in [9.17, 15) is 4.79 Å². The Morgan fingerprint density at radius 3 is 2.53 bits per heavy atom. The molecule has 0 saturated heterocycles. The van der Waals surface area contributed by atoms with Crippen molar-refractivity contribution in [2.24, 2.45) is 0 Å². The summed E-state index contributed by atoms with van der Waals surface area (Å²) in [6.07, 6.45) is 1.31. The van der Waals surface area contributed by atoms with Crippen molar-refractivity contribution in [3.8, 4) is 0 Å². The van der Waals surface area contributed by atoms with Gasteiger partial charge in [-0.3, -0.25) is 4.79 Å². The van der Waals surface area contributed by atoms with E-state index >= 15 is 0 Å². The van der Waals surface area contributed by atoms with E-state index in [0.29, 0.717) is 13.0 Å². The molecule has 0 unspecified atom stereocenters.